The van der Waals surface area contributed by atoms with Gasteiger partial charge in [-0.05, 0) is 0 Å². The highest BCUT2D eigenvalue weighted by Crippen LogP contribution is 2.23. The maximum Gasteiger partial charge on any atom is 0.410 e. The lowest BCUT2D eigenvalue weighted by molar-refractivity contribution is 0.209. The van der Waals surface area contributed by atoms with E-state index in [0.29, 0.717) is 23.9 Å². The highest BCUT2D eigenvalue weighted by atomic mass is 35.5. The molecule has 0 radical (unpaired) electrons. The van der Waals surface area contributed by atoms with Crippen molar-refractivity contribution in [3.63, 3.8) is 0 Å². The van der Waals surface area contributed by atoms with Crippen molar-refractivity contribution in [3.8, 4) is 5.75 Å². The van der Waals surface area contributed by atoms with Gasteiger partial charge < -0.3 is 15.2 Å². The number of halogens is 1. The lowest BCUT2D eigenvalue weighted by atomic mass is 10.3. The summed E-state index contributed by atoms with van der Waals surface area (Å²) in [7, 11) is 1.51. The van der Waals surface area contributed by atoms with Gasteiger partial charge in [0.2, 0.25) is 0 Å². The fourth-order valence-electron chi connectivity index (χ4n) is 1.07. The van der Waals surface area contributed by atoms with Gasteiger partial charge in [0.15, 0.2) is 5.82 Å². The van der Waals surface area contributed by atoms with E-state index >= 15 is 0 Å². The van der Waals surface area contributed by atoms with Gasteiger partial charge in [-0.1, -0.05) is 0 Å². The summed E-state index contributed by atoms with van der Waals surface area (Å²) >= 11 is 5.53. The number of carboxylic acid groups (broad SMARTS) is 1. The Morgan fingerprint density at radius 1 is 1.69 bits per heavy atom. The van der Waals surface area contributed by atoms with Crippen molar-refractivity contribution in [1.82, 2.24) is 4.98 Å². The molecule has 1 aromatic rings. The Bertz CT molecular complexity index is 373. The molecule has 1 heterocycles. The van der Waals surface area contributed by atoms with Crippen molar-refractivity contribution in [2.24, 2.45) is 0 Å². The zero-order valence-electron chi connectivity index (χ0n) is 8.66. The van der Waals surface area contributed by atoms with E-state index in [1.54, 1.807) is 6.07 Å². The van der Waals surface area contributed by atoms with Crippen LogP contribution < -0.4 is 15.4 Å². The van der Waals surface area contributed by atoms with Crippen LogP contribution in [0.1, 0.15) is 0 Å². The van der Waals surface area contributed by atoms with Gasteiger partial charge in [-0.15, -0.1) is 11.6 Å². The number of aromatic nitrogens is 1. The molecule has 0 bridgehead atoms. The third-order valence-corrected chi connectivity index (χ3v) is 1.92. The highest BCUT2D eigenvalue weighted by molar-refractivity contribution is 6.18. The maximum atomic E-state index is 10.5. The number of methoxy groups -OCH3 is 1. The third-order valence-electron chi connectivity index (χ3n) is 1.73. The predicted molar refractivity (Wildman–Crippen MR) is 61.6 cm³/mol. The molecule has 7 heteroatoms. The summed E-state index contributed by atoms with van der Waals surface area (Å²) in [6.45, 7) is 0.505. The molecular formula is C9H12ClN3O3. The maximum absolute atomic E-state index is 10.5. The minimum Gasteiger partial charge on any atom is -0.495 e. The second kappa shape index (κ2) is 6.02. The van der Waals surface area contributed by atoms with Crippen LogP contribution in [-0.2, 0) is 0 Å². The standard InChI is InChI=1S/C9H12ClN3O3/c1-16-6-4-7(11-3-2-10)8(12-5-6)13-9(14)15/h4-5,11H,2-3H2,1H3,(H,12,13)(H,14,15). The molecule has 0 unspecified atom stereocenters. The van der Waals surface area contributed by atoms with E-state index < -0.39 is 6.09 Å². The van der Waals surface area contributed by atoms with Crippen molar-refractivity contribution >= 4 is 29.2 Å². The minimum atomic E-state index is -1.17. The van der Waals surface area contributed by atoms with Crippen LogP contribution in [0.3, 0.4) is 0 Å². The van der Waals surface area contributed by atoms with Crippen molar-refractivity contribution in [2.75, 3.05) is 30.2 Å². The number of nitrogens with zero attached hydrogens (tertiary/aromatic N) is 1. The van der Waals surface area contributed by atoms with E-state index in [0.717, 1.165) is 0 Å². The Labute approximate surface area is 97.6 Å². The average Bonchev–Trinajstić information content (AvgIpc) is 2.27. The molecule has 88 valence electrons. The number of hydrogen-bond donors (Lipinski definition) is 3. The Hall–Kier alpha value is -1.69. The molecule has 3 N–H and O–H groups in total. The molecule has 0 fully saturated rings. The van der Waals surface area contributed by atoms with E-state index in [-0.39, 0.29) is 5.82 Å². The molecule has 0 saturated heterocycles. The van der Waals surface area contributed by atoms with Crippen LogP contribution in [0.25, 0.3) is 0 Å². The van der Waals surface area contributed by atoms with E-state index in [2.05, 4.69) is 15.6 Å². The Morgan fingerprint density at radius 3 is 3.00 bits per heavy atom. The lowest BCUT2D eigenvalue weighted by Crippen LogP contribution is -2.13. The molecule has 1 aromatic heterocycles. The number of ether oxygens (including phenoxy) is 1. The van der Waals surface area contributed by atoms with Crippen molar-refractivity contribution < 1.29 is 14.6 Å². The highest BCUT2D eigenvalue weighted by Gasteiger charge is 2.08. The normalized spacial score (nSPS) is 9.62. The Balaban J connectivity index is 2.91. The fraction of sp³-hybridized carbons (Fsp3) is 0.333. The fourth-order valence-corrected chi connectivity index (χ4v) is 1.17. The number of anilines is 2. The van der Waals surface area contributed by atoms with Gasteiger partial charge in [0, 0.05) is 18.5 Å². The van der Waals surface area contributed by atoms with Crippen LogP contribution in [0.5, 0.6) is 5.75 Å². The summed E-state index contributed by atoms with van der Waals surface area (Å²) in [5.74, 6) is 1.16. The molecular weight excluding hydrogens is 234 g/mol. The summed E-state index contributed by atoms with van der Waals surface area (Å²) < 4.78 is 4.98. The molecule has 6 nitrogen and oxygen atoms in total. The molecule has 0 aliphatic carbocycles. The van der Waals surface area contributed by atoms with Crippen molar-refractivity contribution in [3.05, 3.63) is 12.3 Å². The summed E-state index contributed by atoms with van der Waals surface area (Å²) in [5, 5.41) is 13.7. The van der Waals surface area contributed by atoms with Gasteiger partial charge in [0.05, 0.1) is 19.0 Å². The number of nitrogens with one attached hydrogen (secondary N) is 2. The summed E-state index contributed by atoms with van der Waals surface area (Å²) in [6, 6.07) is 1.64. The minimum absolute atomic E-state index is 0.221. The molecule has 1 amide bonds. The predicted octanol–water partition coefficient (Wildman–Crippen LogP) is 1.83. The van der Waals surface area contributed by atoms with Crippen LogP contribution in [0.4, 0.5) is 16.3 Å². The summed E-state index contributed by atoms with van der Waals surface area (Å²) in [4.78, 5) is 14.4. The first-order valence-corrected chi connectivity index (χ1v) is 5.04. The van der Waals surface area contributed by atoms with E-state index in [4.69, 9.17) is 21.4 Å². The molecule has 16 heavy (non-hydrogen) atoms. The molecule has 0 atom stereocenters. The monoisotopic (exact) mass is 245 g/mol. The van der Waals surface area contributed by atoms with Crippen LogP contribution >= 0.6 is 11.6 Å². The lowest BCUT2D eigenvalue weighted by Gasteiger charge is -2.11. The first-order chi connectivity index (χ1) is 7.67. The molecule has 1 rings (SSSR count). The van der Waals surface area contributed by atoms with Crippen LogP contribution in [-0.4, -0.2) is 35.7 Å². The molecule has 0 aliphatic heterocycles. The number of carbonyl (C=O) groups is 1. The van der Waals surface area contributed by atoms with Gasteiger partial charge in [0.25, 0.3) is 0 Å². The second-order valence-electron chi connectivity index (χ2n) is 2.82. The topological polar surface area (TPSA) is 83.5 Å². The Kier molecular flexibility index (Phi) is 4.65. The van der Waals surface area contributed by atoms with Gasteiger partial charge >= 0.3 is 6.09 Å². The smallest absolute Gasteiger partial charge is 0.410 e. The zero-order chi connectivity index (χ0) is 12.0. The van der Waals surface area contributed by atoms with Crippen LogP contribution in [0.2, 0.25) is 0 Å². The first-order valence-electron chi connectivity index (χ1n) is 4.51. The van der Waals surface area contributed by atoms with E-state index in [1.165, 1.54) is 13.3 Å². The quantitative estimate of drug-likeness (QED) is 0.690. The summed E-state index contributed by atoms with van der Waals surface area (Å²) in [5.41, 5.74) is 0.530. The Morgan fingerprint density at radius 2 is 2.44 bits per heavy atom. The summed E-state index contributed by atoms with van der Waals surface area (Å²) in [6.07, 6.45) is 0.253. The number of rotatable bonds is 5. The SMILES string of the molecule is COc1cnc(NC(=O)O)c(NCCCl)c1. The van der Waals surface area contributed by atoms with Gasteiger partial charge in [0.1, 0.15) is 5.75 Å². The van der Waals surface area contributed by atoms with Gasteiger partial charge in [-0.3, -0.25) is 5.32 Å². The average molecular weight is 246 g/mol. The molecule has 0 aromatic carbocycles. The third kappa shape index (κ3) is 3.47. The van der Waals surface area contributed by atoms with Crippen LogP contribution in [0, 0.1) is 0 Å². The molecule has 0 saturated carbocycles. The van der Waals surface area contributed by atoms with Crippen LogP contribution in [0.15, 0.2) is 12.3 Å². The zero-order valence-corrected chi connectivity index (χ0v) is 9.41. The largest absolute Gasteiger partial charge is 0.495 e. The van der Waals surface area contributed by atoms with Gasteiger partial charge in [-0.2, -0.15) is 0 Å². The number of pyridine rings is 1. The number of amides is 1. The van der Waals surface area contributed by atoms with E-state index in [9.17, 15) is 4.79 Å². The second-order valence-corrected chi connectivity index (χ2v) is 3.20. The van der Waals surface area contributed by atoms with E-state index in [1.807, 2.05) is 0 Å². The number of alkyl halides is 1. The van der Waals surface area contributed by atoms with Crippen molar-refractivity contribution in [2.45, 2.75) is 0 Å². The molecule has 0 aliphatic rings. The molecule has 0 spiro atoms. The van der Waals surface area contributed by atoms with Gasteiger partial charge in [-0.25, -0.2) is 9.78 Å². The first kappa shape index (κ1) is 12.4. The number of hydrogen-bond acceptors (Lipinski definition) is 4. The van der Waals surface area contributed by atoms with Crippen molar-refractivity contribution in [1.29, 1.82) is 0 Å².